The molecule has 1 saturated carbocycles. The molecule has 1 N–H and O–H groups in total. The summed E-state index contributed by atoms with van der Waals surface area (Å²) in [5, 5.41) is 3.47. The number of thiophene rings is 1. The van der Waals surface area contributed by atoms with Crippen LogP contribution in [0.15, 0.2) is 12.1 Å². The summed E-state index contributed by atoms with van der Waals surface area (Å²) >= 11 is 1.95. The first-order chi connectivity index (χ1) is 8.54. The van der Waals surface area contributed by atoms with Gasteiger partial charge in [-0.3, -0.25) is 0 Å². The summed E-state index contributed by atoms with van der Waals surface area (Å²) in [6.45, 7) is 10.1. The second-order valence-electron chi connectivity index (χ2n) is 6.07. The van der Waals surface area contributed by atoms with Gasteiger partial charge in [-0.05, 0) is 37.4 Å². The zero-order chi connectivity index (χ0) is 13.1. The van der Waals surface area contributed by atoms with E-state index in [2.05, 4.69) is 50.2 Å². The summed E-state index contributed by atoms with van der Waals surface area (Å²) < 4.78 is 0. The summed E-state index contributed by atoms with van der Waals surface area (Å²) in [5.74, 6) is 1.92. The molecule has 18 heavy (non-hydrogen) atoms. The summed E-state index contributed by atoms with van der Waals surface area (Å²) in [6.07, 6.45) is 1.43. The molecule has 1 heterocycles. The largest absolute Gasteiger partial charge is 0.310 e. The van der Waals surface area contributed by atoms with Crippen molar-refractivity contribution in [1.82, 2.24) is 10.2 Å². The van der Waals surface area contributed by atoms with Gasteiger partial charge in [-0.25, -0.2) is 0 Å². The maximum absolute atomic E-state index is 3.47. The minimum absolute atomic E-state index is 0.564. The molecular weight excluding hydrogens is 240 g/mol. The lowest BCUT2D eigenvalue weighted by Gasteiger charge is -2.15. The van der Waals surface area contributed by atoms with Gasteiger partial charge in [-0.1, -0.05) is 20.8 Å². The van der Waals surface area contributed by atoms with Crippen molar-refractivity contribution in [3.05, 3.63) is 21.9 Å². The molecule has 2 unspecified atom stereocenters. The third kappa shape index (κ3) is 4.38. The summed E-state index contributed by atoms with van der Waals surface area (Å²) in [7, 11) is 2.25. The van der Waals surface area contributed by atoms with Crippen LogP contribution in [-0.4, -0.2) is 24.5 Å². The molecule has 3 heteroatoms. The highest BCUT2D eigenvalue weighted by molar-refractivity contribution is 7.11. The zero-order valence-corrected chi connectivity index (χ0v) is 12.9. The fraction of sp³-hybridized carbons (Fsp3) is 0.733. The third-order valence-corrected chi connectivity index (χ3v) is 4.72. The molecule has 0 aromatic carbocycles. The van der Waals surface area contributed by atoms with E-state index in [9.17, 15) is 0 Å². The van der Waals surface area contributed by atoms with Crippen molar-refractivity contribution < 1.29 is 0 Å². The Labute approximate surface area is 115 Å². The van der Waals surface area contributed by atoms with E-state index >= 15 is 0 Å². The Morgan fingerprint density at radius 1 is 1.39 bits per heavy atom. The minimum Gasteiger partial charge on any atom is -0.310 e. The molecule has 1 aliphatic rings. The van der Waals surface area contributed by atoms with Crippen LogP contribution in [0.1, 0.15) is 36.9 Å². The average molecular weight is 266 g/mol. The number of hydrogen-bond acceptors (Lipinski definition) is 3. The maximum Gasteiger partial charge on any atom is 0.0325 e. The van der Waals surface area contributed by atoms with E-state index in [1.54, 1.807) is 0 Å². The first-order valence-corrected chi connectivity index (χ1v) is 7.85. The average Bonchev–Trinajstić information content (AvgIpc) is 2.79. The lowest BCUT2D eigenvalue weighted by molar-refractivity contribution is 0.310. The van der Waals surface area contributed by atoms with Gasteiger partial charge in [-0.15, -0.1) is 11.3 Å². The van der Waals surface area contributed by atoms with Gasteiger partial charge in [-0.2, -0.15) is 0 Å². The first-order valence-electron chi connectivity index (χ1n) is 7.04. The predicted octanol–water partition coefficient (Wildman–Crippen LogP) is 3.33. The van der Waals surface area contributed by atoms with Crippen LogP contribution in [0.4, 0.5) is 0 Å². The molecule has 1 aromatic rings. The minimum atomic E-state index is 0.564. The number of nitrogens with one attached hydrogen (secondary N) is 1. The Kier molecular flexibility index (Phi) is 4.82. The Balaban J connectivity index is 1.75. The van der Waals surface area contributed by atoms with Crippen molar-refractivity contribution in [1.29, 1.82) is 0 Å². The van der Waals surface area contributed by atoms with Crippen molar-refractivity contribution in [3.8, 4) is 0 Å². The first kappa shape index (κ1) is 14.0. The van der Waals surface area contributed by atoms with Crippen LogP contribution in [0.25, 0.3) is 0 Å². The molecule has 1 fully saturated rings. The zero-order valence-electron chi connectivity index (χ0n) is 12.1. The van der Waals surface area contributed by atoms with Crippen LogP contribution in [0.3, 0.4) is 0 Å². The Morgan fingerprint density at radius 2 is 2.06 bits per heavy atom. The van der Waals surface area contributed by atoms with Crippen molar-refractivity contribution >= 4 is 11.3 Å². The quantitative estimate of drug-likeness (QED) is 0.814. The Bertz CT molecular complexity index is 372. The van der Waals surface area contributed by atoms with Gasteiger partial charge in [0, 0.05) is 35.4 Å². The van der Waals surface area contributed by atoms with E-state index in [0.717, 1.165) is 24.9 Å². The van der Waals surface area contributed by atoms with Crippen LogP contribution in [-0.2, 0) is 13.1 Å². The fourth-order valence-electron chi connectivity index (χ4n) is 2.29. The van der Waals surface area contributed by atoms with E-state index in [0.29, 0.717) is 6.04 Å². The normalized spacial score (nSPS) is 23.0. The molecule has 1 aliphatic carbocycles. The van der Waals surface area contributed by atoms with Crippen LogP contribution >= 0.6 is 11.3 Å². The smallest absolute Gasteiger partial charge is 0.0325 e. The van der Waals surface area contributed by atoms with E-state index in [1.807, 2.05) is 11.3 Å². The molecule has 0 radical (unpaired) electrons. The molecule has 0 spiro atoms. The molecular formula is C15H26N2S. The van der Waals surface area contributed by atoms with Crippen molar-refractivity contribution in [2.75, 3.05) is 13.6 Å². The Hall–Kier alpha value is -0.380. The van der Waals surface area contributed by atoms with Crippen molar-refractivity contribution in [2.24, 2.45) is 11.8 Å². The van der Waals surface area contributed by atoms with Crippen LogP contribution < -0.4 is 5.32 Å². The van der Waals surface area contributed by atoms with E-state index in [1.165, 1.54) is 22.7 Å². The summed E-state index contributed by atoms with van der Waals surface area (Å²) in [6, 6.07) is 5.12. The summed E-state index contributed by atoms with van der Waals surface area (Å²) in [4.78, 5) is 5.41. The predicted molar refractivity (Wildman–Crippen MR) is 79.9 cm³/mol. The highest BCUT2D eigenvalue weighted by Crippen LogP contribution is 2.38. The van der Waals surface area contributed by atoms with Gasteiger partial charge < -0.3 is 10.2 Å². The summed E-state index contributed by atoms with van der Waals surface area (Å²) in [5.41, 5.74) is 0. The standard InChI is InChI=1S/C15H26N2S/c1-11(2)16-8-14-5-6-15(18-14)10-17(4)9-13-7-12(13)3/h5-6,11-13,16H,7-10H2,1-4H3. The molecule has 102 valence electrons. The van der Waals surface area contributed by atoms with Crippen LogP contribution in [0.2, 0.25) is 0 Å². The van der Waals surface area contributed by atoms with Crippen molar-refractivity contribution in [2.45, 2.75) is 46.3 Å². The number of rotatable bonds is 7. The maximum atomic E-state index is 3.47. The fourth-order valence-corrected chi connectivity index (χ4v) is 3.34. The van der Waals surface area contributed by atoms with Crippen molar-refractivity contribution in [3.63, 3.8) is 0 Å². The highest BCUT2D eigenvalue weighted by Gasteiger charge is 2.32. The molecule has 0 amide bonds. The van der Waals surface area contributed by atoms with Gasteiger partial charge in [0.15, 0.2) is 0 Å². The lowest BCUT2D eigenvalue weighted by atomic mass is 10.3. The van der Waals surface area contributed by atoms with Gasteiger partial charge in [0.2, 0.25) is 0 Å². The molecule has 2 atom stereocenters. The number of nitrogens with zero attached hydrogens (tertiary/aromatic N) is 1. The van der Waals surface area contributed by atoms with E-state index < -0.39 is 0 Å². The SMILES string of the molecule is CC(C)NCc1ccc(CN(C)CC2CC2C)s1. The molecule has 0 saturated heterocycles. The second-order valence-corrected chi connectivity index (χ2v) is 7.33. The molecule has 2 nitrogen and oxygen atoms in total. The monoisotopic (exact) mass is 266 g/mol. The third-order valence-electron chi connectivity index (χ3n) is 3.65. The second kappa shape index (κ2) is 6.18. The molecule has 0 bridgehead atoms. The molecule has 0 aliphatic heterocycles. The van der Waals surface area contributed by atoms with Gasteiger partial charge >= 0.3 is 0 Å². The van der Waals surface area contributed by atoms with Gasteiger partial charge in [0.1, 0.15) is 0 Å². The lowest BCUT2D eigenvalue weighted by Crippen LogP contribution is -2.21. The Morgan fingerprint density at radius 3 is 2.67 bits per heavy atom. The molecule has 2 rings (SSSR count). The number of hydrogen-bond donors (Lipinski definition) is 1. The van der Waals surface area contributed by atoms with E-state index in [-0.39, 0.29) is 0 Å². The van der Waals surface area contributed by atoms with Crippen LogP contribution in [0.5, 0.6) is 0 Å². The van der Waals surface area contributed by atoms with E-state index in [4.69, 9.17) is 0 Å². The van der Waals surface area contributed by atoms with Gasteiger partial charge in [0.25, 0.3) is 0 Å². The topological polar surface area (TPSA) is 15.3 Å². The highest BCUT2D eigenvalue weighted by atomic mass is 32.1. The van der Waals surface area contributed by atoms with Crippen LogP contribution in [0, 0.1) is 11.8 Å². The van der Waals surface area contributed by atoms with Gasteiger partial charge in [0.05, 0.1) is 0 Å². The molecule has 1 aromatic heterocycles.